The highest BCUT2D eigenvalue weighted by Gasteiger charge is 2.19. The molecule has 2 amide bonds. The van der Waals surface area contributed by atoms with E-state index in [1.54, 1.807) is 18.2 Å². The standard InChI is InChI=1S/C18H15NO6/c1-24-11-5-6-12-14(10-11)25-18(23)13(17(12)22)7-8-16(21)19-9-3-2-4-15(19)20/h2,4-8,10,22H,3,9H2,1H3/b8-7+. The molecule has 7 nitrogen and oxygen atoms in total. The topological polar surface area (TPSA) is 97.0 Å². The van der Waals surface area contributed by atoms with Crippen molar-refractivity contribution in [3.63, 3.8) is 0 Å². The maximum absolute atomic E-state index is 12.1. The molecule has 0 saturated carbocycles. The molecule has 1 N–H and O–H groups in total. The fourth-order valence-electron chi connectivity index (χ4n) is 2.50. The molecule has 0 radical (unpaired) electrons. The van der Waals surface area contributed by atoms with E-state index in [2.05, 4.69) is 0 Å². The zero-order chi connectivity index (χ0) is 18.0. The van der Waals surface area contributed by atoms with Crippen LogP contribution < -0.4 is 10.4 Å². The van der Waals surface area contributed by atoms with E-state index in [4.69, 9.17) is 9.15 Å². The molecule has 1 aromatic carbocycles. The minimum absolute atomic E-state index is 0.161. The first-order valence-electron chi connectivity index (χ1n) is 7.55. The van der Waals surface area contributed by atoms with Crippen LogP contribution in [0.3, 0.4) is 0 Å². The Kier molecular flexibility index (Phi) is 4.38. The van der Waals surface area contributed by atoms with E-state index in [0.717, 1.165) is 17.1 Å². The van der Waals surface area contributed by atoms with Gasteiger partial charge in [0.2, 0.25) is 0 Å². The van der Waals surface area contributed by atoms with Crippen molar-refractivity contribution in [3.8, 4) is 11.5 Å². The first-order valence-corrected chi connectivity index (χ1v) is 7.55. The average molecular weight is 341 g/mol. The van der Waals surface area contributed by atoms with Gasteiger partial charge in [-0.05, 0) is 30.7 Å². The van der Waals surface area contributed by atoms with Crippen molar-refractivity contribution in [2.45, 2.75) is 6.42 Å². The van der Waals surface area contributed by atoms with Gasteiger partial charge in [-0.1, -0.05) is 6.08 Å². The van der Waals surface area contributed by atoms with E-state index in [9.17, 15) is 19.5 Å². The summed E-state index contributed by atoms with van der Waals surface area (Å²) in [5, 5.41) is 10.6. The van der Waals surface area contributed by atoms with E-state index >= 15 is 0 Å². The highest BCUT2D eigenvalue weighted by molar-refractivity contribution is 6.07. The molecule has 0 atom stereocenters. The van der Waals surface area contributed by atoms with Crippen LogP contribution >= 0.6 is 0 Å². The van der Waals surface area contributed by atoms with Crippen molar-refractivity contribution >= 4 is 28.9 Å². The van der Waals surface area contributed by atoms with Crippen molar-refractivity contribution < 1.29 is 23.8 Å². The molecule has 0 saturated heterocycles. The predicted octanol–water partition coefficient (Wildman–Crippen LogP) is 1.84. The zero-order valence-electron chi connectivity index (χ0n) is 13.4. The first kappa shape index (κ1) is 16.5. The molecule has 1 aliphatic heterocycles. The third-order valence-electron chi connectivity index (χ3n) is 3.83. The molecular weight excluding hydrogens is 326 g/mol. The number of hydrogen-bond acceptors (Lipinski definition) is 6. The molecule has 2 aromatic rings. The monoisotopic (exact) mass is 341 g/mol. The van der Waals surface area contributed by atoms with Crippen molar-refractivity contribution in [2.24, 2.45) is 0 Å². The maximum Gasteiger partial charge on any atom is 0.347 e. The Morgan fingerprint density at radius 1 is 1.36 bits per heavy atom. The van der Waals surface area contributed by atoms with E-state index in [1.165, 1.54) is 19.3 Å². The molecular formula is C18H15NO6. The lowest BCUT2D eigenvalue weighted by Crippen LogP contribution is -2.37. The van der Waals surface area contributed by atoms with Crippen LogP contribution in [-0.2, 0) is 9.59 Å². The van der Waals surface area contributed by atoms with E-state index < -0.39 is 17.4 Å². The molecule has 128 valence electrons. The van der Waals surface area contributed by atoms with Crippen LogP contribution in [0, 0.1) is 0 Å². The first-order chi connectivity index (χ1) is 12.0. The van der Waals surface area contributed by atoms with Crippen LogP contribution in [0.25, 0.3) is 17.0 Å². The number of benzene rings is 1. The van der Waals surface area contributed by atoms with Gasteiger partial charge in [0.1, 0.15) is 22.6 Å². The molecule has 0 unspecified atom stereocenters. The van der Waals surface area contributed by atoms with Crippen LogP contribution in [0.15, 0.2) is 45.6 Å². The zero-order valence-corrected chi connectivity index (χ0v) is 13.4. The lowest BCUT2D eigenvalue weighted by Gasteiger charge is -2.19. The molecule has 25 heavy (non-hydrogen) atoms. The molecule has 0 fully saturated rings. The van der Waals surface area contributed by atoms with E-state index in [-0.39, 0.29) is 23.4 Å². The highest BCUT2D eigenvalue weighted by Crippen LogP contribution is 2.29. The largest absolute Gasteiger partial charge is 0.506 e. The van der Waals surface area contributed by atoms with Gasteiger partial charge in [-0.25, -0.2) is 4.79 Å². The fraction of sp³-hybridized carbons (Fsp3) is 0.167. The number of nitrogens with zero attached hydrogens (tertiary/aromatic N) is 1. The number of imide groups is 1. The predicted molar refractivity (Wildman–Crippen MR) is 90.2 cm³/mol. The molecule has 7 heteroatoms. The highest BCUT2D eigenvalue weighted by atomic mass is 16.5. The van der Waals surface area contributed by atoms with Gasteiger partial charge in [-0.3, -0.25) is 14.5 Å². The molecule has 2 heterocycles. The number of carbonyl (C=O) groups is 2. The van der Waals surface area contributed by atoms with Gasteiger partial charge in [-0.15, -0.1) is 0 Å². The third kappa shape index (κ3) is 3.16. The number of amides is 2. The lowest BCUT2D eigenvalue weighted by atomic mass is 10.1. The van der Waals surface area contributed by atoms with Gasteiger partial charge in [0.05, 0.1) is 12.5 Å². The molecule has 3 rings (SSSR count). The van der Waals surface area contributed by atoms with Gasteiger partial charge in [0, 0.05) is 18.7 Å². The lowest BCUT2D eigenvalue weighted by molar-refractivity contribution is -0.139. The SMILES string of the molecule is COc1ccc2c(O)c(/C=C/C(=O)N3CCC=CC3=O)c(=O)oc2c1. The molecule has 1 aliphatic rings. The summed E-state index contributed by atoms with van der Waals surface area (Å²) in [6, 6.07) is 4.64. The number of carbonyl (C=O) groups excluding carboxylic acids is 2. The van der Waals surface area contributed by atoms with Crippen molar-refractivity contribution in [1.82, 2.24) is 4.90 Å². The Hall–Kier alpha value is -3.35. The van der Waals surface area contributed by atoms with Crippen molar-refractivity contribution in [3.05, 3.63) is 52.4 Å². The van der Waals surface area contributed by atoms with Crippen molar-refractivity contribution in [1.29, 1.82) is 0 Å². The number of rotatable bonds is 3. The Labute approximate surface area is 142 Å². The van der Waals surface area contributed by atoms with Crippen LogP contribution in [0.1, 0.15) is 12.0 Å². The Balaban J connectivity index is 1.96. The second-order valence-electron chi connectivity index (χ2n) is 5.37. The summed E-state index contributed by atoms with van der Waals surface area (Å²) in [5.41, 5.74) is -0.792. The smallest absolute Gasteiger partial charge is 0.347 e. The number of fused-ring (bicyclic) bond motifs is 1. The van der Waals surface area contributed by atoms with Crippen LogP contribution in [0.5, 0.6) is 11.5 Å². The summed E-state index contributed by atoms with van der Waals surface area (Å²) in [5.74, 6) is -0.807. The number of ether oxygens (including phenoxy) is 1. The van der Waals surface area contributed by atoms with E-state index in [0.29, 0.717) is 17.6 Å². The van der Waals surface area contributed by atoms with Gasteiger partial charge < -0.3 is 14.3 Å². The average Bonchev–Trinajstić information content (AvgIpc) is 2.61. The molecule has 0 spiro atoms. The summed E-state index contributed by atoms with van der Waals surface area (Å²) in [4.78, 5) is 36.9. The van der Waals surface area contributed by atoms with Crippen LogP contribution in [0.2, 0.25) is 0 Å². The van der Waals surface area contributed by atoms with Crippen molar-refractivity contribution in [2.75, 3.05) is 13.7 Å². The number of aromatic hydroxyl groups is 1. The Morgan fingerprint density at radius 2 is 2.16 bits per heavy atom. The van der Waals surface area contributed by atoms with Gasteiger partial charge in [0.25, 0.3) is 11.8 Å². The Morgan fingerprint density at radius 3 is 2.88 bits per heavy atom. The minimum Gasteiger partial charge on any atom is -0.506 e. The Bertz CT molecular complexity index is 969. The summed E-state index contributed by atoms with van der Waals surface area (Å²) >= 11 is 0. The second kappa shape index (κ2) is 6.64. The summed E-state index contributed by atoms with van der Waals surface area (Å²) < 4.78 is 10.2. The van der Waals surface area contributed by atoms with Gasteiger partial charge >= 0.3 is 5.63 Å². The second-order valence-corrected chi connectivity index (χ2v) is 5.37. The molecule has 1 aromatic heterocycles. The van der Waals surface area contributed by atoms with Gasteiger partial charge in [0.15, 0.2) is 0 Å². The quantitative estimate of drug-likeness (QED) is 0.676. The fourth-order valence-corrected chi connectivity index (χ4v) is 2.50. The third-order valence-corrected chi connectivity index (χ3v) is 3.83. The van der Waals surface area contributed by atoms with E-state index in [1.807, 2.05) is 0 Å². The van der Waals surface area contributed by atoms with Gasteiger partial charge in [-0.2, -0.15) is 0 Å². The number of hydrogen-bond donors (Lipinski definition) is 1. The minimum atomic E-state index is -0.799. The summed E-state index contributed by atoms with van der Waals surface area (Å²) in [6.45, 7) is 0.274. The van der Waals surface area contributed by atoms with Crippen LogP contribution in [0.4, 0.5) is 0 Å². The maximum atomic E-state index is 12.1. The van der Waals surface area contributed by atoms with Crippen LogP contribution in [-0.4, -0.2) is 35.5 Å². The summed E-state index contributed by atoms with van der Waals surface area (Å²) in [7, 11) is 1.47. The molecule has 0 aliphatic carbocycles. The number of methoxy groups -OCH3 is 1. The normalized spacial score (nSPS) is 14.4. The summed E-state index contributed by atoms with van der Waals surface area (Å²) in [6.07, 6.45) is 5.81. The molecule has 0 bridgehead atoms.